The lowest BCUT2D eigenvalue weighted by Gasteiger charge is -2.20. The van der Waals surface area contributed by atoms with Crippen molar-refractivity contribution in [2.75, 3.05) is 13.1 Å². The number of hydrogen-bond donors (Lipinski definition) is 1. The molecule has 0 atom stereocenters. The molecular formula is C10H14F2N2S. The third-order valence-electron chi connectivity index (χ3n) is 2.64. The molecule has 2 nitrogen and oxygen atoms in total. The summed E-state index contributed by atoms with van der Waals surface area (Å²) < 4.78 is 26.0. The molecule has 1 fully saturated rings. The molecule has 1 saturated heterocycles. The van der Waals surface area contributed by atoms with E-state index in [0.717, 1.165) is 49.2 Å². The maximum absolute atomic E-state index is 13.0. The maximum Gasteiger partial charge on any atom is 0.281 e. The van der Waals surface area contributed by atoms with Gasteiger partial charge in [0.05, 0.1) is 9.88 Å². The lowest BCUT2D eigenvalue weighted by atomic mass is 9.99. The van der Waals surface area contributed by atoms with Crippen LogP contribution in [0.2, 0.25) is 0 Å². The molecule has 1 aliphatic rings. The Morgan fingerprint density at radius 3 is 2.67 bits per heavy atom. The van der Waals surface area contributed by atoms with Crippen molar-refractivity contribution in [1.29, 1.82) is 0 Å². The molecule has 2 heterocycles. The van der Waals surface area contributed by atoms with Gasteiger partial charge in [-0.2, -0.15) is 0 Å². The number of piperidine rings is 1. The van der Waals surface area contributed by atoms with Gasteiger partial charge in [0.1, 0.15) is 0 Å². The highest BCUT2D eigenvalue weighted by Crippen LogP contribution is 2.35. The van der Waals surface area contributed by atoms with Crippen molar-refractivity contribution in [3.05, 3.63) is 16.1 Å². The Balaban J connectivity index is 2.12. The number of alkyl halides is 2. The van der Waals surface area contributed by atoms with Gasteiger partial charge in [-0.05, 0) is 25.9 Å². The second-order valence-electron chi connectivity index (χ2n) is 3.98. The van der Waals surface area contributed by atoms with E-state index < -0.39 is 5.92 Å². The van der Waals surface area contributed by atoms with E-state index in [0.29, 0.717) is 5.92 Å². The summed E-state index contributed by atoms with van der Waals surface area (Å²) in [6.45, 7) is 2.84. The van der Waals surface area contributed by atoms with Gasteiger partial charge in [-0.15, -0.1) is 11.3 Å². The summed E-state index contributed by atoms with van der Waals surface area (Å²) in [7, 11) is 0. The summed E-state index contributed by atoms with van der Waals surface area (Å²) >= 11 is 1.16. The average Bonchev–Trinajstić information content (AvgIpc) is 2.67. The highest BCUT2D eigenvalue weighted by Gasteiger charge is 2.29. The van der Waals surface area contributed by atoms with E-state index >= 15 is 0 Å². The molecule has 0 bridgehead atoms. The molecule has 0 unspecified atom stereocenters. The zero-order valence-electron chi connectivity index (χ0n) is 8.59. The van der Waals surface area contributed by atoms with E-state index in [-0.39, 0.29) is 4.88 Å². The molecule has 0 amide bonds. The summed E-state index contributed by atoms with van der Waals surface area (Å²) in [6, 6.07) is 0. The second-order valence-corrected chi connectivity index (χ2v) is 5.04. The topological polar surface area (TPSA) is 24.9 Å². The number of nitrogens with one attached hydrogen (secondary N) is 1. The first-order chi connectivity index (χ1) is 7.07. The van der Waals surface area contributed by atoms with Gasteiger partial charge in [-0.1, -0.05) is 0 Å². The molecule has 5 heteroatoms. The molecule has 1 aromatic heterocycles. The minimum absolute atomic E-state index is 0.0797. The lowest BCUT2D eigenvalue weighted by molar-refractivity contribution is 0.0213. The molecule has 0 aromatic carbocycles. The van der Waals surface area contributed by atoms with E-state index in [1.807, 2.05) is 0 Å². The minimum Gasteiger partial charge on any atom is -0.317 e. The molecule has 84 valence electrons. The van der Waals surface area contributed by atoms with Crippen LogP contribution in [0.1, 0.15) is 35.6 Å². The van der Waals surface area contributed by atoms with Crippen LogP contribution in [0.4, 0.5) is 8.78 Å². The minimum atomic E-state index is -2.75. The Hall–Kier alpha value is -0.550. The van der Waals surface area contributed by atoms with E-state index in [1.165, 1.54) is 6.20 Å². The van der Waals surface area contributed by atoms with Gasteiger partial charge >= 0.3 is 0 Å². The van der Waals surface area contributed by atoms with Crippen LogP contribution in [0, 0.1) is 0 Å². The van der Waals surface area contributed by atoms with Crippen LogP contribution in [0.3, 0.4) is 0 Å². The summed E-state index contributed by atoms with van der Waals surface area (Å²) in [5.74, 6) is -2.38. The van der Waals surface area contributed by atoms with Crippen molar-refractivity contribution in [2.24, 2.45) is 0 Å². The maximum atomic E-state index is 13.0. The third kappa shape index (κ3) is 2.52. The van der Waals surface area contributed by atoms with E-state index in [1.54, 1.807) is 0 Å². The SMILES string of the molecule is CC(F)(F)c1cnc(C2CCNCC2)s1. The predicted molar refractivity (Wildman–Crippen MR) is 56.5 cm³/mol. The van der Waals surface area contributed by atoms with Crippen molar-refractivity contribution in [2.45, 2.75) is 31.6 Å². The molecule has 15 heavy (non-hydrogen) atoms. The van der Waals surface area contributed by atoms with Crippen molar-refractivity contribution >= 4 is 11.3 Å². The summed E-state index contributed by atoms with van der Waals surface area (Å²) in [6.07, 6.45) is 3.33. The van der Waals surface area contributed by atoms with Crippen LogP contribution < -0.4 is 5.32 Å². The quantitative estimate of drug-likeness (QED) is 0.848. The van der Waals surface area contributed by atoms with Gasteiger partial charge in [0.25, 0.3) is 5.92 Å². The van der Waals surface area contributed by atoms with Crippen molar-refractivity contribution in [1.82, 2.24) is 10.3 Å². The first-order valence-corrected chi connectivity index (χ1v) is 5.94. The first-order valence-electron chi connectivity index (χ1n) is 5.12. The van der Waals surface area contributed by atoms with E-state index in [4.69, 9.17) is 0 Å². The molecule has 0 spiro atoms. The Morgan fingerprint density at radius 1 is 1.47 bits per heavy atom. The van der Waals surface area contributed by atoms with Crippen LogP contribution in [0.15, 0.2) is 6.20 Å². The van der Waals surface area contributed by atoms with Gasteiger partial charge in [0.2, 0.25) is 0 Å². The number of thiazole rings is 1. The third-order valence-corrected chi connectivity index (χ3v) is 3.98. The normalized spacial score (nSPS) is 19.4. The van der Waals surface area contributed by atoms with E-state index in [2.05, 4.69) is 10.3 Å². The van der Waals surface area contributed by atoms with Crippen molar-refractivity contribution in [3.8, 4) is 0 Å². The molecule has 1 aromatic rings. The Kier molecular flexibility index (Phi) is 3.02. The second kappa shape index (κ2) is 4.14. The van der Waals surface area contributed by atoms with Crippen molar-refractivity contribution < 1.29 is 8.78 Å². The molecule has 0 radical (unpaired) electrons. The molecule has 0 aliphatic carbocycles. The van der Waals surface area contributed by atoms with Gasteiger partial charge in [0.15, 0.2) is 0 Å². The fraction of sp³-hybridized carbons (Fsp3) is 0.700. The van der Waals surface area contributed by atoms with Crippen LogP contribution in [0.25, 0.3) is 0 Å². The highest BCUT2D eigenvalue weighted by atomic mass is 32.1. The molecule has 1 N–H and O–H groups in total. The largest absolute Gasteiger partial charge is 0.317 e. The zero-order valence-corrected chi connectivity index (χ0v) is 9.41. The van der Waals surface area contributed by atoms with Gasteiger partial charge in [-0.3, -0.25) is 0 Å². The number of aromatic nitrogens is 1. The van der Waals surface area contributed by atoms with Crippen LogP contribution in [-0.2, 0) is 5.92 Å². The van der Waals surface area contributed by atoms with Gasteiger partial charge in [-0.25, -0.2) is 13.8 Å². The molecule has 2 rings (SSSR count). The average molecular weight is 232 g/mol. The zero-order chi connectivity index (χ0) is 10.9. The summed E-state index contributed by atoms with van der Waals surface area (Å²) in [4.78, 5) is 4.20. The number of nitrogens with zero attached hydrogens (tertiary/aromatic N) is 1. The fourth-order valence-electron chi connectivity index (χ4n) is 1.75. The van der Waals surface area contributed by atoms with Gasteiger partial charge < -0.3 is 5.32 Å². The summed E-state index contributed by atoms with van der Waals surface area (Å²) in [5, 5.41) is 4.12. The lowest BCUT2D eigenvalue weighted by Crippen LogP contribution is -2.26. The first kappa shape index (κ1) is 11.0. The number of halogens is 2. The molecular weight excluding hydrogens is 218 g/mol. The van der Waals surface area contributed by atoms with Crippen LogP contribution in [-0.4, -0.2) is 18.1 Å². The molecule has 1 aliphatic heterocycles. The smallest absolute Gasteiger partial charge is 0.281 e. The number of hydrogen-bond acceptors (Lipinski definition) is 3. The Bertz CT molecular complexity index is 326. The number of rotatable bonds is 2. The van der Waals surface area contributed by atoms with Crippen LogP contribution >= 0.6 is 11.3 Å². The Labute approximate surface area is 91.7 Å². The highest BCUT2D eigenvalue weighted by molar-refractivity contribution is 7.11. The molecule has 0 saturated carbocycles. The standard InChI is InChI=1S/C10H14F2N2S/c1-10(11,12)8-6-14-9(15-8)7-2-4-13-5-3-7/h6-7,13H,2-5H2,1H3. The van der Waals surface area contributed by atoms with Crippen molar-refractivity contribution in [3.63, 3.8) is 0 Å². The van der Waals surface area contributed by atoms with E-state index in [9.17, 15) is 8.78 Å². The summed E-state index contributed by atoms with van der Waals surface area (Å²) in [5.41, 5.74) is 0. The monoisotopic (exact) mass is 232 g/mol. The van der Waals surface area contributed by atoms with Gasteiger partial charge in [0, 0.05) is 19.0 Å². The predicted octanol–water partition coefficient (Wildman–Crippen LogP) is 2.72. The Morgan fingerprint density at radius 2 is 2.13 bits per heavy atom. The fourth-order valence-corrected chi connectivity index (χ4v) is 2.77. The van der Waals surface area contributed by atoms with Crippen LogP contribution in [0.5, 0.6) is 0 Å².